The first kappa shape index (κ1) is 8.55. The number of rotatable bonds is 1. The quantitative estimate of drug-likeness (QED) is 0.580. The SMILES string of the molecule is CCN1CCCC12CCCCC2. The van der Waals surface area contributed by atoms with Crippen LogP contribution in [0.15, 0.2) is 0 Å². The predicted molar refractivity (Wildman–Crippen MR) is 52.3 cm³/mol. The molecule has 0 aromatic heterocycles. The van der Waals surface area contributed by atoms with Crippen molar-refractivity contribution >= 4 is 0 Å². The molecule has 2 rings (SSSR count). The fraction of sp³-hybridized carbons (Fsp3) is 1.00. The largest absolute Gasteiger partial charge is 0.298 e. The van der Waals surface area contributed by atoms with Crippen LogP contribution in [-0.4, -0.2) is 23.5 Å². The summed E-state index contributed by atoms with van der Waals surface area (Å²) in [6, 6.07) is 0. The number of hydrogen-bond acceptors (Lipinski definition) is 1. The second-order valence-corrected chi connectivity index (χ2v) is 4.47. The van der Waals surface area contributed by atoms with Crippen molar-refractivity contribution in [2.75, 3.05) is 13.1 Å². The van der Waals surface area contributed by atoms with Crippen molar-refractivity contribution in [3.05, 3.63) is 0 Å². The standard InChI is InChI=1S/C11H21N/c1-2-12-10-6-9-11(12)7-4-3-5-8-11/h2-10H2,1H3. The zero-order chi connectivity index (χ0) is 8.44. The summed E-state index contributed by atoms with van der Waals surface area (Å²) < 4.78 is 0. The lowest BCUT2D eigenvalue weighted by Crippen LogP contribution is -2.44. The summed E-state index contributed by atoms with van der Waals surface area (Å²) in [4.78, 5) is 2.74. The fourth-order valence-corrected chi connectivity index (χ4v) is 3.26. The van der Waals surface area contributed by atoms with E-state index in [4.69, 9.17) is 0 Å². The molecule has 2 fully saturated rings. The normalized spacial score (nSPS) is 29.8. The van der Waals surface area contributed by atoms with Crippen LogP contribution >= 0.6 is 0 Å². The van der Waals surface area contributed by atoms with Gasteiger partial charge in [-0.25, -0.2) is 0 Å². The Kier molecular flexibility index (Phi) is 2.40. The van der Waals surface area contributed by atoms with E-state index in [2.05, 4.69) is 11.8 Å². The molecule has 12 heavy (non-hydrogen) atoms. The van der Waals surface area contributed by atoms with E-state index in [-0.39, 0.29) is 0 Å². The molecule has 1 heteroatoms. The van der Waals surface area contributed by atoms with Crippen molar-refractivity contribution in [2.45, 2.75) is 57.4 Å². The van der Waals surface area contributed by atoms with Crippen molar-refractivity contribution in [3.63, 3.8) is 0 Å². The minimum atomic E-state index is 0.674. The van der Waals surface area contributed by atoms with Gasteiger partial charge in [0, 0.05) is 5.54 Å². The van der Waals surface area contributed by atoms with Crippen LogP contribution in [0.3, 0.4) is 0 Å². The predicted octanol–water partition coefficient (Wildman–Crippen LogP) is 2.81. The number of nitrogens with zero attached hydrogens (tertiary/aromatic N) is 1. The maximum absolute atomic E-state index is 2.74. The molecular formula is C11H21N. The Balaban J connectivity index is 2.05. The third-order valence-corrected chi connectivity index (χ3v) is 3.91. The van der Waals surface area contributed by atoms with Gasteiger partial charge < -0.3 is 0 Å². The Hall–Kier alpha value is -0.0400. The summed E-state index contributed by atoms with van der Waals surface area (Å²) in [5.74, 6) is 0. The van der Waals surface area contributed by atoms with Crippen molar-refractivity contribution in [3.8, 4) is 0 Å². The highest BCUT2D eigenvalue weighted by Gasteiger charge is 2.40. The molecule has 1 spiro atoms. The molecule has 0 unspecified atom stereocenters. The van der Waals surface area contributed by atoms with Crippen LogP contribution in [0.2, 0.25) is 0 Å². The van der Waals surface area contributed by atoms with Crippen LogP contribution < -0.4 is 0 Å². The van der Waals surface area contributed by atoms with Crippen LogP contribution in [0.1, 0.15) is 51.9 Å². The molecule has 1 saturated heterocycles. The van der Waals surface area contributed by atoms with E-state index in [0.29, 0.717) is 5.54 Å². The lowest BCUT2D eigenvalue weighted by atomic mass is 9.80. The lowest BCUT2D eigenvalue weighted by molar-refractivity contribution is 0.0986. The Morgan fingerprint density at radius 2 is 1.67 bits per heavy atom. The summed E-state index contributed by atoms with van der Waals surface area (Å²) in [5, 5.41) is 0. The van der Waals surface area contributed by atoms with Gasteiger partial charge in [-0.3, -0.25) is 4.90 Å². The van der Waals surface area contributed by atoms with Gasteiger partial charge in [0.05, 0.1) is 0 Å². The van der Waals surface area contributed by atoms with Gasteiger partial charge in [-0.1, -0.05) is 26.2 Å². The third kappa shape index (κ3) is 1.28. The van der Waals surface area contributed by atoms with E-state index in [0.717, 1.165) is 0 Å². The highest BCUT2D eigenvalue weighted by atomic mass is 15.2. The molecule has 0 radical (unpaired) electrons. The van der Waals surface area contributed by atoms with Crippen LogP contribution in [-0.2, 0) is 0 Å². The first-order valence-electron chi connectivity index (χ1n) is 5.62. The molecule has 1 nitrogen and oxygen atoms in total. The molecule has 0 atom stereocenters. The van der Waals surface area contributed by atoms with Crippen molar-refractivity contribution < 1.29 is 0 Å². The Labute approximate surface area is 76.1 Å². The Bertz CT molecular complexity index is 147. The van der Waals surface area contributed by atoms with Crippen molar-refractivity contribution in [1.82, 2.24) is 4.90 Å². The average Bonchev–Trinajstić information content (AvgIpc) is 2.49. The minimum Gasteiger partial charge on any atom is -0.298 e. The summed E-state index contributed by atoms with van der Waals surface area (Å²) in [5.41, 5.74) is 0.674. The topological polar surface area (TPSA) is 3.24 Å². The van der Waals surface area contributed by atoms with E-state index in [1.165, 1.54) is 58.0 Å². The zero-order valence-corrected chi connectivity index (χ0v) is 8.31. The maximum Gasteiger partial charge on any atom is 0.0210 e. The molecule has 1 heterocycles. The molecule has 1 aliphatic carbocycles. The second kappa shape index (κ2) is 3.37. The van der Waals surface area contributed by atoms with Gasteiger partial charge in [0.1, 0.15) is 0 Å². The van der Waals surface area contributed by atoms with Gasteiger partial charge in [0.15, 0.2) is 0 Å². The first-order valence-corrected chi connectivity index (χ1v) is 5.62. The molecule has 0 aromatic carbocycles. The molecule has 1 saturated carbocycles. The summed E-state index contributed by atoms with van der Waals surface area (Å²) >= 11 is 0. The van der Waals surface area contributed by atoms with Gasteiger partial charge in [-0.2, -0.15) is 0 Å². The van der Waals surface area contributed by atoms with Crippen LogP contribution in [0.4, 0.5) is 0 Å². The van der Waals surface area contributed by atoms with Gasteiger partial charge >= 0.3 is 0 Å². The number of likely N-dealkylation sites (tertiary alicyclic amines) is 1. The summed E-state index contributed by atoms with van der Waals surface area (Å²) in [7, 11) is 0. The number of hydrogen-bond donors (Lipinski definition) is 0. The molecule has 70 valence electrons. The van der Waals surface area contributed by atoms with E-state index < -0.39 is 0 Å². The smallest absolute Gasteiger partial charge is 0.0210 e. The maximum atomic E-state index is 2.74. The second-order valence-electron chi connectivity index (χ2n) is 4.47. The fourth-order valence-electron chi connectivity index (χ4n) is 3.26. The molecule has 0 bridgehead atoms. The van der Waals surface area contributed by atoms with Crippen molar-refractivity contribution in [2.24, 2.45) is 0 Å². The third-order valence-electron chi connectivity index (χ3n) is 3.91. The minimum absolute atomic E-state index is 0.674. The van der Waals surface area contributed by atoms with Gasteiger partial charge in [0.25, 0.3) is 0 Å². The van der Waals surface area contributed by atoms with E-state index in [1.807, 2.05) is 0 Å². The molecule has 0 N–H and O–H groups in total. The van der Waals surface area contributed by atoms with Gasteiger partial charge in [-0.15, -0.1) is 0 Å². The molecular weight excluding hydrogens is 146 g/mol. The van der Waals surface area contributed by atoms with E-state index in [9.17, 15) is 0 Å². The van der Waals surface area contributed by atoms with Gasteiger partial charge in [-0.05, 0) is 38.8 Å². The van der Waals surface area contributed by atoms with Crippen LogP contribution in [0.25, 0.3) is 0 Å². The highest BCUT2D eigenvalue weighted by molar-refractivity contribution is 4.96. The average molecular weight is 167 g/mol. The van der Waals surface area contributed by atoms with Crippen molar-refractivity contribution in [1.29, 1.82) is 0 Å². The molecule has 1 aliphatic heterocycles. The Morgan fingerprint density at radius 1 is 1.00 bits per heavy atom. The van der Waals surface area contributed by atoms with E-state index in [1.54, 1.807) is 0 Å². The first-order chi connectivity index (χ1) is 5.87. The highest BCUT2D eigenvalue weighted by Crippen LogP contribution is 2.41. The molecule has 2 aliphatic rings. The molecule has 0 amide bonds. The Morgan fingerprint density at radius 3 is 2.33 bits per heavy atom. The summed E-state index contributed by atoms with van der Waals surface area (Å²) in [6.07, 6.45) is 10.4. The zero-order valence-electron chi connectivity index (χ0n) is 8.31. The summed E-state index contributed by atoms with van der Waals surface area (Å²) in [6.45, 7) is 4.97. The van der Waals surface area contributed by atoms with Crippen LogP contribution in [0, 0.1) is 0 Å². The molecule has 0 aromatic rings. The monoisotopic (exact) mass is 167 g/mol. The lowest BCUT2D eigenvalue weighted by Gasteiger charge is -2.41. The van der Waals surface area contributed by atoms with E-state index >= 15 is 0 Å². The van der Waals surface area contributed by atoms with Crippen LogP contribution in [0.5, 0.6) is 0 Å². The van der Waals surface area contributed by atoms with Gasteiger partial charge in [0.2, 0.25) is 0 Å².